The number of fused-ring (bicyclic) bond motifs is 1. The lowest BCUT2D eigenvalue weighted by molar-refractivity contribution is -0.129. The lowest BCUT2D eigenvalue weighted by Crippen LogP contribution is -2.42. The molecule has 0 aliphatic carbocycles. The molecule has 132 valence electrons. The molecule has 0 saturated carbocycles. The maximum Gasteiger partial charge on any atom is 0.238 e. The van der Waals surface area contributed by atoms with Crippen molar-refractivity contribution in [3.8, 4) is 6.07 Å². The molecule has 2 aromatic heterocycles. The third-order valence-electron chi connectivity index (χ3n) is 3.87. The van der Waals surface area contributed by atoms with Crippen molar-refractivity contribution in [3.05, 3.63) is 28.7 Å². The molecule has 0 atom stereocenters. The molecule has 2 aromatic rings. The van der Waals surface area contributed by atoms with E-state index in [0.29, 0.717) is 24.1 Å². The number of carbonyl (C=O) groups excluding carboxylic acids is 2. The number of aromatic nitrogens is 3. The van der Waals surface area contributed by atoms with E-state index in [0.717, 1.165) is 17.0 Å². The summed E-state index contributed by atoms with van der Waals surface area (Å²) in [6.07, 6.45) is 2.52. The Bertz CT molecular complexity index is 847. The van der Waals surface area contributed by atoms with Crippen LogP contribution in [0.5, 0.6) is 0 Å². The number of carbonyl (C=O) groups is 2. The first-order chi connectivity index (χ1) is 11.8. The molecule has 0 aliphatic heterocycles. The van der Waals surface area contributed by atoms with Crippen molar-refractivity contribution >= 4 is 17.5 Å². The van der Waals surface area contributed by atoms with E-state index in [-0.39, 0.29) is 24.2 Å². The Labute approximate surface area is 146 Å². The topological polar surface area (TPSA) is 112 Å². The second kappa shape index (κ2) is 7.75. The number of rotatable bonds is 5. The van der Waals surface area contributed by atoms with Gasteiger partial charge in [0.15, 0.2) is 5.65 Å². The number of hydrogen-bond acceptors (Lipinski definition) is 5. The summed E-state index contributed by atoms with van der Waals surface area (Å²) in [5.41, 5.74) is 8.29. The zero-order chi connectivity index (χ0) is 18.6. The van der Waals surface area contributed by atoms with E-state index in [4.69, 9.17) is 5.26 Å². The molecule has 0 fully saturated rings. The molecule has 0 aromatic carbocycles. The summed E-state index contributed by atoms with van der Waals surface area (Å²) < 4.78 is 1.61. The second-order valence-electron chi connectivity index (χ2n) is 6.36. The highest BCUT2D eigenvalue weighted by atomic mass is 16.2. The van der Waals surface area contributed by atoms with Crippen LogP contribution in [0.2, 0.25) is 0 Å². The van der Waals surface area contributed by atoms with Crippen LogP contribution in [0, 0.1) is 31.1 Å². The minimum Gasteiger partial charge on any atom is -0.273 e. The smallest absolute Gasteiger partial charge is 0.238 e. The van der Waals surface area contributed by atoms with Gasteiger partial charge in [0.2, 0.25) is 11.8 Å². The van der Waals surface area contributed by atoms with Crippen LogP contribution in [0.4, 0.5) is 0 Å². The quantitative estimate of drug-likeness (QED) is 0.796. The van der Waals surface area contributed by atoms with Crippen LogP contribution < -0.4 is 10.9 Å². The van der Waals surface area contributed by atoms with Gasteiger partial charge in [-0.3, -0.25) is 20.4 Å². The number of amides is 2. The molecule has 8 nitrogen and oxygen atoms in total. The molecule has 2 heterocycles. The lowest BCUT2D eigenvalue weighted by atomic mass is 10.1. The van der Waals surface area contributed by atoms with Crippen LogP contribution >= 0.6 is 0 Å². The van der Waals surface area contributed by atoms with E-state index >= 15 is 0 Å². The summed E-state index contributed by atoms with van der Waals surface area (Å²) in [5, 5.41) is 13.3. The van der Waals surface area contributed by atoms with E-state index in [2.05, 4.69) is 27.0 Å². The van der Waals surface area contributed by atoms with Gasteiger partial charge in [-0.25, -0.2) is 9.50 Å². The monoisotopic (exact) mass is 342 g/mol. The molecule has 25 heavy (non-hydrogen) atoms. The Morgan fingerprint density at radius 2 is 1.96 bits per heavy atom. The van der Waals surface area contributed by atoms with Gasteiger partial charge in [0, 0.05) is 24.2 Å². The van der Waals surface area contributed by atoms with Crippen molar-refractivity contribution in [3.63, 3.8) is 0 Å². The molecule has 0 radical (unpaired) electrons. The van der Waals surface area contributed by atoms with E-state index in [9.17, 15) is 9.59 Å². The fourth-order valence-corrected chi connectivity index (χ4v) is 2.61. The zero-order valence-corrected chi connectivity index (χ0v) is 14.9. The van der Waals surface area contributed by atoms with Crippen molar-refractivity contribution in [2.45, 2.75) is 47.0 Å². The van der Waals surface area contributed by atoms with Crippen LogP contribution in [0.3, 0.4) is 0 Å². The molecular weight excluding hydrogens is 320 g/mol. The van der Waals surface area contributed by atoms with Gasteiger partial charge < -0.3 is 0 Å². The summed E-state index contributed by atoms with van der Waals surface area (Å²) in [6.45, 7) is 7.60. The second-order valence-corrected chi connectivity index (χ2v) is 6.36. The Balaban J connectivity index is 2.02. The van der Waals surface area contributed by atoms with E-state index < -0.39 is 0 Å². The molecule has 0 unspecified atom stereocenters. The minimum absolute atomic E-state index is 0.209. The fraction of sp³-hybridized carbons (Fsp3) is 0.471. The highest BCUT2D eigenvalue weighted by Gasteiger charge is 2.15. The first-order valence-corrected chi connectivity index (χ1v) is 8.15. The van der Waals surface area contributed by atoms with Crippen molar-refractivity contribution < 1.29 is 9.59 Å². The Kier molecular flexibility index (Phi) is 5.70. The Morgan fingerprint density at radius 1 is 1.28 bits per heavy atom. The number of nitriles is 1. The molecule has 2 rings (SSSR count). The van der Waals surface area contributed by atoms with Gasteiger partial charge in [0.05, 0.1) is 6.20 Å². The Morgan fingerprint density at radius 3 is 2.60 bits per heavy atom. The average molecular weight is 342 g/mol. The van der Waals surface area contributed by atoms with Crippen LogP contribution in [-0.2, 0) is 16.0 Å². The van der Waals surface area contributed by atoms with Gasteiger partial charge >= 0.3 is 0 Å². The third kappa shape index (κ3) is 4.32. The van der Waals surface area contributed by atoms with Crippen molar-refractivity contribution in [1.82, 2.24) is 25.4 Å². The third-order valence-corrected chi connectivity index (χ3v) is 3.87. The first kappa shape index (κ1) is 18.4. The summed E-state index contributed by atoms with van der Waals surface area (Å²) >= 11 is 0. The standard InChI is InChI=1S/C17H22N6O2/c1-10(2)7-16(25)22-21-15(24)6-5-14-11(3)20-17-13(8-18)9-19-23(17)12(14)4/h9-10H,5-7H2,1-4H3,(H,21,24)(H,22,25). The maximum absolute atomic E-state index is 11.9. The molecule has 0 bridgehead atoms. The highest BCUT2D eigenvalue weighted by molar-refractivity contribution is 5.82. The molecule has 2 N–H and O–H groups in total. The van der Waals surface area contributed by atoms with Gasteiger partial charge in [-0.15, -0.1) is 0 Å². The van der Waals surface area contributed by atoms with Crippen molar-refractivity contribution in [1.29, 1.82) is 5.26 Å². The van der Waals surface area contributed by atoms with E-state index in [1.807, 2.05) is 27.7 Å². The molecule has 0 aliphatic rings. The maximum atomic E-state index is 11.9. The Hall–Kier alpha value is -2.95. The van der Waals surface area contributed by atoms with Gasteiger partial charge in [0.25, 0.3) is 0 Å². The molecule has 0 saturated heterocycles. The van der Waals surface area contributed by atoms with E-state index in [1.165, 1.54) is 6.20 Å². The summed E-state index contributed by atoms with van der Waals surface area (Å²) in [5.74, 6) is -0.249. The van der Waals surface area contributed by atoms with Gasteiger partial charge in [-0.1, -0.05) is 13.8 Å². The van der Waals surface area contributed by atoms with Gasteiger partial charge in [-0.2, -0.15) is 10.4 Å². The van der Waals surface area contributed by atoms with Crippen molar-refractivity contribution in [2.75, 3.05) is 0 Å². The summed E-state index contributed by atoms with van der Waals surface area (Å²) in [4.78, 5) is 27.9. The number of hydrogen-bond donors (Lipinski definition) is 2. The SMILES string of the molecule is Cc1nc2c(C#N)cnn2c(C)c1CCC(=O)NNC(=O)CC(C)C. The van der Waals surface area contributed by atoms with Crippen molar-refractivity contribution in [2.24, 2.45) is 5.92 Å². The normalized spacial score (nSPS) is 10.7. The first-order valence-electron chi connectivity index (χ1n) is 8.15. The number of nitrogens with zero attached hydrogens (tertiary/aromatic N) is 4. The predicted octanol–water partition coefficient (Wildman–Crippen LogP) is 1.34. The fourth-order valence-electron chi connectivity index (χ4n) is 2.61. The van der Waals surface area contributed by atoms with E-state index in [1.54, 1.807) is 4.52 Å². The molecule has 8 heteroatoms. The summed E-state index contributed by atoms with van der Waals surface area (Å²) in [7, 11) is 0. The zero-order valence-electron chi connectivity index (χ0n) is 14.9. The largest absolute Gasteiger partial charge is 0.273 e. The minimum atomic E-state index is -0.269. The number of aryl methyl sites for hydroxylation is 2. The van der Waals surface area contributed by atoms with Crippen LogP contribution in [0.15, 0.2) is 6.20 Å². The summed E-state index contributed by atoms with van der Waals surface area (Å²) in [6, 6.07) is 2.06. The van der Waals surface area contributed by atoms with Crippen LogP contribution in [0.1, 0.15) is 49.2 Å². The molecule has 2 amide bonds. The van der Waals surface area contributed by atoms with Gasteiger partial charge in [0.1, 0.15) is 11.6 Å². The molecular formula is C17H22N6O2. The molecule has 0 spiro atoms. The number of nitrogens with one attached hydrogen (secondary N) is 2. The van der Waals surface area contributed by atoms with Crippen LogP contribution in [-0.4, -0.2) is 26.4 Å². The lowest BCUT2D eigenvalue weighted by Gasteiger charge is -2.12. The predicted molar refractivity (Wildman–Crippen MR) is 91.2 cm³/mol. The average Bonchev–Trinajstić information content (AvgIpc) is 2.95. The number of hydrazine groups is 1. The van der Waals surface area contributed by atoms with Gasteiger partial charge in [-0.05, 0) is 31.7 Å². The van der Waals surface area contributed by atoms with Crippen LogP contribution in [0.25, 0.3) is 5.65 Å². The highest BCUT2D eigenvalue weighted by Crippen LogP contribution is 2.18.